The van der Waals surface area contributed by atoms with Crippen LogP contribution in [-0.2, 0) is 9.31 Å². The Bertz CT molecular complexity index is 659. The number of carbonyl (C=O) groups excluding carboxylic acids is 1. The van der Waals surface area contributed by atoms with E-state index in [2.05, 4.69) is 11.9 Å². The summed E-state index contributed by atoms with van der Waals surface area (Å²) in [6, 6.07) is 1.89. The maximum atomic E-state index is 13.0. The van der Waals surface area contributed by atoms with Gasteiger partial charge in [-0.05, 0) is 59.4 Å². The third-order valence-electron chi connectivity index (χ3n) is 5.81. The molecule has 2 aliphatic heterocycles. The molecule has 0 aromatic carbocycles. The minimum absolute atomic E-state index is 0.0647. The lowest BCUT2D eigenvalue weighted by Crippen LogP contribution is -2.41. The number of likely N-dealkylation sites (tertiary alicyclic amines) is 1. The number of nitrogens with zero attached hydrogens (tertiary/aromatic N) is 2. The summed E-state index contributed by atoms with van der Waals surface area (Å²) in [4.78, 5) is 19.4. The van der Waals surface area contributed by atoms with Crippen molar-refractivity contribution in [3.05, 3.63) is 23.5 Å². The van der Waals surface area contributed by atoms with Crippen LogP contribution < -0.4 is 5.46 Å². The van der Waals surface area contributed by atoms with Crippen molar-refractivity contribution in [3.8, 4) is 0 Å². The molecule has 3 rings (SSSR count). The van der Waals surface area contributed by atoms with Crippen molar-refractivity contribution in [2.45, 2.75) is 65.6 Å². The molecule has 2 fully saturated rings. The summed E-state index contributed by atoms with van der Waals surface area (Å²) in [5.74, 6) is 0.618. The third-order valence-corrected chi connectivity index (χ3v) is 5.81. The van der Waals surface area contributed by atoms with Crippen molar-refractivity contribution >= 4 is 18.5 Å². The first-order valence-corrected chi connectivity index (χ1v) is 9.22. The Hall–Kier alpha value is -1.40. The van der Waals surface area contributed by atoms with Gasteiger partial charge in [0.15, 0.2) is 0 Å². The number of carbonyl (C=O) groups is 1. The van der Waals surface area contributed by atoms with Crippen LogP contribution in [0, 0.1) is 12.8 Å². The van der Waals surface area contributed by atoms with Gasteiger partial charge in [0.1, 0.15) is 0 Å². The van der Waals surface area contributed by atoms with E-state index in [1.807, 2.05) is 45.6 Å². The van der Waals surface area contributed by atoms with Gasteiger partial charge in [-0.1, -0.05) is 6.92 Å². The minimum Gasteiger partial charge on any atom is -0.399 e. The largest absolute Gasteiger partial charge is 0.496 e. The van der Waals surface area contributed by atoms with Crippen LogP contribution in [0.5, 0.6) is 0 Å². The average Bonchev–Trinajstić information content (AvgIpc) is 2.75. The van der Waals surface area contributed by atoms with Gasteiger partial charge in [0.25, 0.3) is 5.91 Å². The highest BCUT2D eigenvalue weighted by Gasteiger charge is 2.52. The molecule has 0 radical (unpaired) electrons. The highest BCUT2D eigenvalue weighted by molar-refractivity contribution is 6.62. The highest BCUT2D eigenvalue weighted by atomic mass is 16.7. The van der Waals surface area contributed by atoms with Gasteiger partial charge in [-0.25, -0.2) is 0 Å². The maximum Gasteiger partial charge on any atom is 0.496 e. The zero-order valence-electron chi connectivity index (χ0n) is 16.3. The van der Waals surface area contributed by atoms with E-state index in [0.717, 1.165) is 30.7 Å². The molecule has 1 aromatic rings. The summed E-state index contributed by atoms with van der Waals surface area (Å²) in [5.41, 5.74) is 1.40. The van der Waals surface area contributed by atoms with Crippen LogP contribution in [0.4, 0.5) is 0 Å². The predicted octanol–water partition coefficient (Wildman–Crippen LogP) is 2.56. The Morgan fingerprint density at radius 1 is 1.28 bits per heavy atom. The molecule has 1 aromatic heterocycles. The third kappa shape index (κ3) is 3.47. The summed E-state index contributed by atoms with van der Waals surface area (Å²) in [7, 11) is -0.495. The first kappa shape index (κ1) is 18.4. The van der Waals surface area contributed by atoms with Crippen LogP contribution in [-0.4, -0.2) is 47.2 Å². The van der Waals surface area contributed by atoms with Crippen molar-refractivity contribution in [2.75, 3.05) is 13.1 Å². The molecule has 0 bridgehead atoms. The topological polar surface area (TPSA) is 51.7 Å². The summed E-state index contributed by atoms with van der Waals surface area (Å²) < 4.78 is 12.2. The summed E-state index contributed by atoms with van der Waals surface area (Å²) in [6.07, 6.45) is 4.01. The lowest BCUT2D eigenvalue weighted by molar-refractivity contribution is 0.00578. The number of piperidine rings is 1. The van der Waals surface area contributed by atoms with Crippen molar-refractivity contribution in [1.29, 1.82) is 0 Å². The van der Waals surface area contributed by atoms with E-state index >= 15 is 0 Å². The number of pyridine rings is 1. The molecular weight excluding hydrogens is 315 g/mol. The standard InChI is InChI=1S/C19H29BN2O3/c1-13-8-7-9-22(12-13)17(23)16-10-15(11-21-14(16)2)20-24-18(3,4)19(5,6)25-20/h10-11,13H,7-9,12H2,1-6H3. The van der Waals surface area contributed by atoms with Crippen LogP contribution in [0.15, 0.2) is 12.3 Å². The predicted molar refractivity (Wildman–Crippen MR) is 99.0 cm³/mol. The summed E-state index contributed by atoms with van der Waals surface area (Å²) in [5, 5.41) is 0. The Labute approximate surface area is 151 Å². The molecular formula is C19H29BN2O3. The number of hydrogen-bond acceptors (Lipinski definition) is 4. The summed E-state index contributed by atoms with van der Waals surface area (Å²) >= 11 is 0. The smallest absolute Gasteiger partial charge is 0.399 e. The van der Waals surface area contributed by atoms with E-state index in [9.17, 15) is 4.79 Å². The minimum atomic E-state index is -0.495. The van der Waals surface area contributed by atoms with Gasteiger partial charge >= 0.3 is 7.12 Å². The number of aryl methyl sites for hydroxylation is 1. The van der Waals surface area contributed by atoms with Crippen molar-refractivity contribution in [1.82, 2.24) is 9.88 Å². The highest BCUT2D eigenvalue weighted by Crippen LogP contribution is 2.36. The average molecular weight is 344 g/mol. The van der Waals surface area contributed by atoms with Crippen LogP contribution in [0.2, 0.25) is 0 Å². The molecule has 2 aliphatic rings. The normalized spacial score (nSPS) is 25.3. The number of amides is 1. The van der Waals surface area contributed by atoms with E-state index in [-0.39, 0.29) is 5.91 Å². The molecule has 5 nitrogen and oxygen atoms in total. The molecule has 6 heteroatoms. The van der Waals surface area contributed by atoms with Crippen LogP contribution in [0.3, 0.4) is 0 Å². The van der Waals surface area contributed by atoms with Crippen LogP contribution in [0.1, 0.15) is 63.5 Å². The zero-order chi connectivity index (χ0) is 18.4. The van der Waals surface area contributed by atoms with Gasteiger partial charge in [0.05, 0.1) is 16.8 Å². The fourth-order valence-electron chi connectivity index (χ4n) is 3.42. The van der Waals surface area contributed by atoms with E-state index in [4.69, 9.17) is 9.31 Å². The van der Waals surface area contributed by atoms with Gasteiger partial charge in [0, 0.05) is 30.4 Å². The van der Waals surface area contributed by atoms with E-state index < -0.39 is 18.3 Å². The molecule has 0 spiro atoms. The Kier molecular flexibility index (Phi) is 4.71. The molecule has 1 unspecified atom stereocenters. The molecule has 136 valence electrons. The number of rotatable bonds is 2. The van der Waals surface area contributed by atoms with Crippen molar-refractivity contribution in [2.24, 2.45) is 5.92 Å². The fraction of sp³-hybridized carbons (Fsp3) is 0.684. The zero-order valence-corrected chi connectivity index (χ0v) is 16.3. The quantitative estimate of drug-likeness (QED) is 0.774. The van der Waals surface area contributed by atoms with Gasteiger partial charge in [0.2, 0.25) is 0 Å². The first-order chi connectivity index (χ1) is 11.6. The molecule has 3 heterocycles. The molecule has 0 N–H and O–H groups in total. The SMILES string of the molecule is Cc1ncc(B2OC(C)(C)C(C)(C)O2)cc1C(=O)N1CCCC(C)C1. The number of aromatic nitrogens is 1. The van der Waals surface area contributed by atoms with Crippen LogP contribution in [0.25, 0.3) is 0 Å². The van der Waals surface area contributed by atoms with E-state index in [1.54, 1.807) is 6.20 Å². The lowest BCUT2D eigenvalue weighted by atomic mass is 9.79. The molecule has 0 aliphatic carbocycles. The molecule has 1 amide bonds. The summed E-state index contributed by atoms with van der Waals surface area (Å²) in [6.45, 7) is 13.8. The molecule has 25 heavy (non-hydrogen) atoms. The van der Waals surface area contributed by atoms with Gasteiger partial charge in [-0.2, -0.15) is 0 Å². The molecule has 2 saturated heterocycles. The Morgan fingerprint density at radius 2 is 1.92 bits per heavy atom. The molecule has 0 saturated carbocycles. The van der Waals surface area contributed by atoms with Crippen LogP contribution >= 0.6 is 0 Å². The Balaban J connectivity index is 1.85. The van der Waals surface area contributed by atoms with Crippen molar-refractivity contribution in [3.63, 3.8) is 0 Å². The lowest BCUT2D eigenvalue weighted by Gasteiger charge is -2.32. The first-order valence-electron chi connectivity index (χ1n) is 9.22. The van der Waals surface area contributed by atoms with E-state index in [1.165, 1.54) is 6.42 Å². The fourth-order valence-corrected chi connectivity index (χ4v) is 3.42. The monoisotopic (exact) mass is 344 g/mol. The van der Waals surface area contributed by atoms with Crippen molar-refractivity contribution < 1.29 is 14.1 Å². The van der Waals surface area contributed by atoms with E-state index in [0.29, 0.717) is 11.5 Å². The number of hydrogen-bond donors (Lipinski definition) is 0. The van der Waals surface area contributed by atoms with Gasteiger partial charge in [-0.15, -0.1) is 0 Å². The van der Waals surface area contributed by atoms with Gasteiger partial charge < -0.3 is 14.2 Å². The second kappa shape index (κ2) is 6.40. The van der Waals surface area contributed by atoms with Gasteiger partial charge in [-0.3, -0.25) is 9.78 Å². The second-order valence-electron chi connectivity index (χ2n) is 8.49. The second-order valence-corrected chi connectivity index (χ2v) is 8.49. The Morgan fingerprint density at radius 3 is 2.52 bits per heavy atom. The maximum absolute atomic E-state index is 13.0. The molecule has 1 atom stereocenters.